The average Bonchev–Trinajstić information content (AvgIpc) is 2.67. The molecule has 0 radical (unpaired) electrons. The number of unbranched alkanes of at least 4 members (excludes halogenated alkanes) is 1. The van der Waals surface area contributed by atoms with Crippen LogP contribution >= 0.6 is 11.8 Å². The van der Waals surface area contributed by atoms with Gasteiger partial charge in [-0.05, 0) is 55.5 Å². The topological polar surface area (TPSA) is 22.1 Å². The lowest BCUT2D eigenvalue weighted by Crippen LogP contribution is -2.00. The van der Waals surface area contributed by atoms with Gasteiger partial charge in [0.2, 0.25) is 0 Å². The van der Waals surface area contributed by atoms with E-state index in [2.05, 4.69) is 56.3 Å². The number of aromatic nitrogens is 1. The maximum absolute atomic E-state index is 5.47. The van der Waals surface area contributed by atoms with Crippen LogP contribution in [-0.4, -0.2) is 17.8 Å². The molecule has 0 aliphatic heterocycles. The lowest BCUT2D eigenvalue weighted by Gasteiger charge is -2.16. The maximum atomic E-state index is 5.47. The first-order chi connectivity index (χ1) is 12.7. The molecule has 0 amide bonds. The summed E-state index contributed by atoms with van der Waals surface area (Å²) in [6.45, 7) is 4.39. The van der Waals surface area contributed by atoms with Crippen LogP contribution < -0.4 is 4.74 Å². The van der Waals surface area contributed by atoms with E-state index in [1.54, 1.807) is 7.11 Å². The van der Waals surface area contributed by atoms with E-state index in [0.717, 1.165) is 29.9 Å². The molecule has 136 valence electrons. The zero-order chi connectivity index (χ0) is 18.4. The second-order valence-corrected chi connectivity index (χ2v) is 7.68. The van der Waals surface area contributed by atoms with Crippen molar-refractivity contribution in [2.75, 3.05) is 12.9 Å². The molecule has 0 atom stereocenters. The molecule has 26 heavy (non-hydrogen) atoms. The summed E-state index contributed by atoms with van der Waals surface area (Å²) in [5.41, 5.74) is 5.03. The van der Waals surface area contributed by atoms with Gasteiger partial charge in [0.25, 0.3) is 0 Å². The number of thioether (sulfide) groups is 1. The van der Waals surface area contributed by atoms with Crippen molar-refractivity contribution in [2.45, 2.75) is 44.4 Å². The Labute approximate surface area is 161 Å². The number of hydrogen-bond acceptors (Lipinski definition) is 3. The second-order valence-electron chi connectivity index (χ2n) is 6.58. The second kappa shape index (κ2) is 9.09. The number of rotatable bonds is 8. The van der Waals surface area contributed by atoms with Crippen molar-refractivity contribution in [3.05, 3.63) is 65.4 Å². The third kappa shape index (κ3) is 4.39. The molecular weight excluding hydrogens is 338 g/mol. The zero-order valence-corrected chi connectivity index (χ0v) is 16.7. The number of pyridine rings is 1. The lowest BCUT2D eigenvalue weighted by atomic mass is 10.0. The van der Waals surface area contributed by atoms with Crippen LogP contribution in [0.2, 0.25) is 0 Å². The van der Waals surface area contributed by atoms with Crippen LogP contribution in [0.15, 0.2) is 53.4 Å². The highest BCUT2D eigenvalue weighted by Crippen LogP contribution is 2.35. The van der Waals surface area contributed by atoms with Gasteiger partial charge in [0.1, 0.15) is 5.75 Å². The van der Waals surface area contributed by atoms with Crippen molar-refractivity contribution >= 4 is 22.7 Å². The fourth-order valence-corrected chi connectivity index (χ4v) is 4.51. The monoisotopic (exact) mass is 365 g/mol. The molecule has 1 aromatic heterocycles. The van der Waals surface area contributed by atoms with E-state index in [0.29, 0.717) is 0 Å². The van der Waals surface area contributed by atoms with Crippen LogP contribution in [0, 0.1) is 6.92 Å². The van der Waals surface area contributed by atoms with Gasteiger partial charge in [0.05, 0.1) is 12.6 Å². The molecule has 0 unspecified atom stereocenters. The molecule has 1 heterocycles. The highest BCUT2D eigenvalue weighted by atomic mass is 32.2. The first-order valence-corrected chi connectivity index (χ1v) is 10.4. The summed E-state index contributed by atoms with van der Waals surface area (Å²) in [4.78, 5) is 6.25. The highest BCUT2D eigenvalue weighted by molar-refractivity contribution is 7.99. The summed E-state index contributed by atoms with van der Waals surface area (Å²) < 4.78 is 5.47. The van der Waals surface area contributed by atoms with Gasteiger partial charge in [0, 0.05) is 21.7 Å². The average molecular weight is 366 g/mol. The predicted molar refractivity (Wildman–Crippen MR) is 113 cm³/mol. The summed E-state index contributed by atoms with van der Waals surface area (Å²) in [5.74, 6) is 1.97. The molecule has 3 aromatic rings. The number of hydrogen-bond donors (Lipinski definition) is 0. The molecular formula is C23H27NOS. The van der Waals surface area contributed by atoms with Crippen molar-refractivity contribution in [3.63, 3.8) is 0 Å². The highest BCUT2D eigenvalue weighted by Gasteiger charge is 2.14. The van der Waals surface area contributed by atoms with Gasteiger partial charge in [0.15, 0.2) is 0 Å². The minimum absolute atomic E-state index is 0.898. The molecule has 3 heteroatoms. The largest absolute Gasteiger partial charge is 0.497 e. The Balaban J connectivity index is 1.94. The normalized spacial score (nSPS) is 11.0. The first kappa shape index (κ1) is 18.8. The Bertz CT molecular complexity index is 861. The van der Waals surface area contributed by atoms with Crippen molar-refractivity contribution < 1.29 is 4.74 Å². The molecule has 0 saturated carbocycles. The van der Waals surface area contributed by atoms with Crippen LogP contribution in [0.1, 0.15) is 36.6 Å². The van der Waals surface area contributed by atoms with Gasteiger partial charge in [-0.2, -0.15) is 0 Å². The van der Waals surface area contributed by atoms with E-state index in [9.17, 15) is 0 Å². The fourth-order valence-electron chi connectivity index (χ4n) is 3.22. The summed E-state index contributed by atoms with van der Waals surface area (Å²) >= 11 is 1.96. The Morgan fingerprint density at radius 1 is 1.04 bits per heavy atom. The summed E-state index contributed by atoms with van der Waals surface area (Å²) in [6.07, 6.45) is 4.57. The van der Waals surface area contributed by atoms with Crippen LogP contribution in [0.4, 0.5) is 0 Å². The van der Waals surface area contributed by atoms with Crippen LogP contribution in [-0.2, 0) is 12.8 Å². The van der Waals surface area contributed by atoms with Crippen molar-refractivity contribution in [3.8, 4) is 5.75 Å². The van der Waals surface area contributed by atoms with Crippen LogP contribution in [0.5, 0.6) is 5.75 Å². The standard InChI is InChI=1S/C23H27NOS/c1-4-5-11-20-17(2)24-22-13-12-19(25-3)16-21(22)23(20)26-15-14-18-9-7-6-8-10-18/h6-10,12-13,16H,4-5,11,14-15H2,1-3H3. The molecule has 0 bridgehead atoms. The van der Waals surface area contributed by atoms with E-state index in [-0.39, 0.29) is 0 Å². The quantitative estimate of drug-likeness (QED) is 0.442. The van der Waals surface area contributed by atoms with Gasteiger partial charge < -0.3 is 4.74 Å². The zero-order valence-electron chi connectivity index (χ0n) is 15.9. The number of ether oxygens (including phenoxy) is 1. The number of benzene rings is 2. The SMILES string of the molecule is CCCCc1c(C)nc2ccc(OC)cc2c1SCCc1ccccc1. The number of methoxy groups -OCH3 is 1. The molecule has 0 fully saturated rings. The van der Waals surface area contributed by atoms with Gasteiger partial charge in [-0.25, -0.2) is 0 Å². The minimum Gasteiger partial charge on any atom is -0.497 e. The Kier molecular flexibility index (Phi) is 6.56. The van der Waals surface area contributed by atoms with Crippen molar-refractivity contribution in [1.82, 2.24) is 4.98 Å². The molecule has 2 aromatic carbocycles. The smallest absolute Gasteiger partial charge is 0.119 e. The Morgan fingerprint density at radius 2 is 1.85 bits per heavy atom. The molecule has 0 saturated heterocycles. The van der Waals surface area contributed by atoms with E-state index >= 15 is 0 Å². The summed E-state index contributed by atoms with van der Waals surface area (Å²) in [5, 5.41) is 1.22. The Morgan fingerprint density at radius 3 is 2.58 bits per heavy atom. The number of fused-ring (bicyclic) bond motifs is 1. The molecule has 0 N–H and O–H groups in total. The molecule has 2 nitrogen and oxygen atoms in total. The molecule has 3 rings (SSSR count). The van der Waals surface area contributed by atoms with E-state index in [4.69, 9.17) is 9.72 Å². The van der Waals surface area contributed by atoms with Gasteiger partial charge in [-0.15, -0.1) is 11.8 Å². The summed E-state index contributed by atoms with van der Waals surface area (Å²) in [6, 6.07) is 16.9. The van der Waals surface area contributed by atoms with Gasteiger partial charge in [-0.3, -0.25) is 4.98 Å². The minimum atomic E-state index is 0.898. The molecule has 0 aliphatic rings. The third-order valence-corrected chi connectivity index (χ3v) is 5.87. The Hall–Kier alpha value is -2.00. The third-order valence-electron chi connectivity index (χ3n) is 4.71. The van der Waals surface area contributed by atoms with Crippen LogP contribution in [0.3, 0.4) is 0 Å². The van der Waals surface area contributed by atoms with Crippen LogP contribution in [0.25, 0.3) is 10.9 Å². The summed E-state index contributed by atoms with van der Waals surface area (Å²) in [7, 11) is 1.73. The fraction of sp³-hybridized carbons (Fsp3) is 0.348. The van der Waals surface area contributed by atoms with Crippen molar-refractivity contribution in [1.29, 1.82) is 0 Å². The van der Waals surface area contributed by atoms with Crippen molar-refractivity contribution in [2.24, 2.45) is 0 Å². The number of aryl methyl sites for hydroxylation is 2. The van der Waals surface area contributed by atoms with E-state index < -0.39 is 0 Å². The van der Waals surface area contributed by atoms with E-state index in [1.807, 2.05) is 17.8 Å². The first-order valence-electron chi connectivity index (χ1n) is 9.37. The lowest BCUT2D eigenvalue weighted by molar-refractivity contribution is 0.415. The predicted octanol–water partition coefficient (Wildman–Crippen LogP) is 6.23. The number of nitrogens with zero attached hydrogens (tertiary/aromatic N) is 1. The molecule has 0 spiro atoms. The molecule has 0 aliphatic carbocycles. The van der Waals surface area contributed by atoms with Gasteiger partial charge >= 0.3 is 0 Å². The van der Waals surface area contributed by atoms with E-state index in [1.165, 1.54) is 39.9 Å². The van der Waals surface area contributed by atoms with Gasteiger partial charge in [-0.1, -0.05) is 43.7 Å². The maximum Gasteiger partial charge on any atom is 0.119 e.